The maximum atomic E-state index is 12.7. The summed E-state index contributed by atoms with van der Waals surface area (Å²) in [6.45, 7) is 8.63. The first-order valence-electron chi connectivity index (χ1n) is 10.5. The Hall–Kier alpha value is -2.98. The minimum Gasteiger partial charge on any atom is -0.461 e. The van der Waals surface area contributed by atoms with E-state index in [9.17, 15) is 24.3 Å². The molecule has 1 fully saturated rings. The molecule has 1 aliphatic carbocycles. The van der Waals surface area contributed by atoms with Crippen LogP contribution in [0.5, 0.6) is 0 Å². The number of fused-ring (bicyclic) bond motifs is 3. The zero-order valence-electron chi connectivity index (χ0n) is 19.0. The van der Waals surface area contributed by atoms with E-state index in [-0.39, 0.29) is 24.2 Å². The maximum absolute atomic E-state index is 12.7. The van der Waals surface area contributed by atoms with E-state index < -0.39 is 60.5 Å². The number of hydrogen-bond acceptors (Lipinski definition) is 10. The largest absolute Gasteiger partial charge is 0.461 e. The summed E-state index contributed by atoms with van der Waals surface area (Å²) in [5, 5.41) is 9.27. The molecule has 33 heavy (non-hydrogen) atoms. The van der Waals surface area contributed by atoms with Gasteiger partial charge >= 0.3 is 23.9 Å². The summed E-state index contributed by atoms with van der Waals surface area (Å²) in [6.07, 6.45) is -0.848. The third-order valence-electron chi connectivity index (χ3n) is 5.75. The van der Waals surface area contributed by atoms with Crippen LogP contribution < -0.4 is 0 Å². The van der Waals surface area contributed by atoms with Gasteiger partial charge in [-0.1, -0.05) is 12.2 Å². The average Bonchev–Trinajstić information content (AvgIpc) is 3.25. The molecule has 3 aliphatic rings. The number of aliphatic hydroxyl groups is 1. The normalized spacial score (nSPS) is 32.4. The van der Waals surface area contributed by atoms with Crippen molar-refractivity contribution >= 4 is 23.9 Å². The first-order chi connectivity index (χ1) is 15.4. The van der Waals surface area contributed by atoms with Gasteiger partial charge in [0.25, 0.3) is 0 Å². The van der Waals surface area contributed by atoms with Crippen LogP contribution in [0, 0.1) is 0 Å². The Labute approximate surface area is 191 Å². The lowest BCUT2D eigenvalue weighted by molar-refractivity contribution is -0.145. The van der Waals surface area contributed by atoms with E-state index in [1.165, 1.54) is 13.8 Å². The van der Waals surface area contributed by atoms with Crippen LogP contribution in [-0.4, -0.2) is 72.2 Å². The lowest BCUT2D eigenvalue weighted by Gasteiger charge is -2.26. The molecule has 2 aliphatic heterocycles. The molecule has 10 nitrogen and oxygen atoms in total. The van der Waals surface area contributed by atoms with Crippen LogP contribution in [-0.2, 0) is 42.9 Å². The monoisotopic (exact) mass is 464 g/mol. The van der Waals surface area contributed by atoms with Crippen LogP contribution in [0.15, 0.2) is 34.9 Å². The van der Waals surface area contributed by atoms with Gasteiger partial charge in [0.15, 0.2) is 6.10 Å². The second-order valence-corrected chi connectivity index (χ2v) is 8.62. The van der Waals surface area contributed by atoms with E-state index in [1.54, 1.807) is 13.0 Å². The van der Waals surface area contributed by atoms with Crippen molar-refractivity contribution in [2.45, 2.75) is 70.6 Å². The van der Waals surface area contributed by atoms with Crippen molar-refractivity contribution in [3.05, 3.63) is 34.9 Å². The summed E-state index contributed by atoms with van der Waals surface area (Å²) in [7, 11) is 0. The van der Waals surface area contributed by atoms with Crippen molar-refractivity contribution < 1.29 is 48.0 Å². The Morgan fingerprint density at radius 2 is 1.94 bits per heavy atom. The number of carbonyl (C=O) groups excluding carboxylic acids is 4. The molecule has 1 saturated heterocycles. The Balaban J connectivity index is 2.06. The van der Waals surface area contributed by atoms with Crippen molar-refractivity contribution in [3.8, 4) is 0 Å². The third kappa shape index (κ3) is 5.51. The fraction of sp³-hybridized carbons (Fsp3) is 0.565. The third-order valence-corrected chi connectivity index (χ3v) is 5.75. The van der Waals surface area contributed by atoms with Gasteiger partial charge in [-0.2, -0.15) is 0 Å². The molecule has 0 spiro atoms. The first-order valence-corrected chi connectivity index (χ1v) is 10.5. The van der Waals surface area contributed by atoms with E-state index in [4.69, 9.17) is 23.7 Å². The lowest BCUT2D eigenvalue weighted by Crippen LogP contribution is -2.35. The Kier molecular flexibility index (Phi) is 7.08. The minimum absolute atomic E-state index is 0.0744. The topological polar surface area (TPSA) is 138 Å². The SMILES string of the molecule is C=C(CO)C(=O)O[C@H]1C/C(C)=C/[C@@H](OC(C)=O)C[C@@]2(C)O[C@@H]2[C@H]2OC(=O)C(COC(C)=O)=C12. The van der Waals surface area contributed by atoms with Gasteiger partial charge in [0.1, 0.15) is 30.5 Å². The van der Waals surface area contributed by atoms with E-state index in [0.29, 0.717) is 17.6 Å². The molecule has 0 amide bonds. The first kappa shape index (κ1) is 24.7. The zero-order chi connectivity index (χ0) is 24.5. The van der Waals surface area contributed by atoms with E-state index in [0.717, 1.165) is 0 Å². The van der Waals surface area contributed by atoms with Gasteiger partial charge < -0.3 is 28.8 Å². The molecule has 0 aromatic heterocycles. The lowest BCUT2D eigenvalue weighted by atomic mass is 9.86. The number of ether oxygens (including phenoxy) is 5. The molecular weight excluding hydrogens is 436 g/mol. The molecule has 0 radical (unpaired) electrons. The molecule has 2 heterocycles. The van der Waals surface area contributed by atoms with Gasteiger partial charge in [0.05, 0.1) is 17.8 Å². The van der Waals surface area contributed by atoms with Crippen molar-refractivity contribution in [2.75, 3.05) is 13.2 Å². The second kappa shape index (κ2) is 9.48. The summed E-state index contributed by atoms with van der Waals surface area (Å²) in [5.74, 6) is -2.59. The quantitative estimate of drug-likeness (QED) is 0.200. The number of aliphatic hydroxyl groups excluding tert-OH is 1. The summed E-state index contributed by atoms with van der Waals surface area (Å²) < 4.78 is 27.6. The molecule has 0 aromatic rings. The highest BCUT2D eigenvalue weighted by atomic mass is 16.7. The van der Waals surface area contributed by atoms with E-state index in [1.807, 2.05) is 6.92 Å². The van der Waals surface area contributed by atoms with Crippen molar-refractivity contribution in [1.29, 1.82) is 0 Å². The number of hydrogen-bond donors (Lipinski definition) is 1. The Morgan fingerprint density at radius 3 is 2.55 bits per heavy atom. The summed E-state index contributed by atoms with van der Waals surface area (Å²) >= 11 is 0. The van der Waals surface area contributed by atoms with Gasteiger partial charge in [0, 0.05) is 32.3 Å². The molecule has 0 saturated carbocycles. The minimum atomic E-state index is -0.997. The van der Waals surface area contributed by atoms with Crippen LogP contribution in [0.2, 0.25) is 0 Å². The zero-order valence-corrected chi connectivity index (χ0v) is 19.0. The van der Waals surface area contributed by atoms with Gasteiger partial charge in [0.2, 0.25) is 0 Å². The highest BCUT2D eigenvalue weighted by Crippen LogP contribution is 2.49. The van der Waals surface area contributed by atoms with Crippen molar-refractivity contribution in [2.24, 2.45) is 0 Å². The molecule has 180 valence electrons. The van der Waals surface area contributed by atoms with Crippen LogP contribution in [0.25, 0.3) is 0 Å². The maximum Gasteiger partial charge on any atom is 0.338 e. The van der Waals surface area contributed by atoms with Crippen LogP contribution in [0.4, 0.5) is 0 Å². The predicted octanol–water partition coefficient (Wildman–Crippen LogP) is 1.06. The highest BCUT2D eigenvalue weighted by Gasteiger charge is 2.62. The van der Waals surface area contributed by atoms with Crippen molar-refractivity contribution in [3.63, 3.8) is 0 Å². The fourth-order valence-corrected chi connectivity index (χ4v) is 4.18. The van der Waals surface area contributed by atoms with Gasteiger partial charge in [-0.3, -0.25) is 9.59 Å². The molecule has 3 rings (SSSR count). The molecular formula is C23H28O10. The van der Waals surface area contributed by atoms with Crippen LogP contribution in [0.1, 0.15) is 40.5 Å². The summed E-state index contributed by atoms with van der Waals surface area (Å²) in [6, 6.07) is 0. The molecule has 0 bridgehead atoms. The van der Waals surface area contributed by atoms with Gasteiger partial charge in [-0.15, -0.1) is 0 Å². The van der Waals surface area contributed by atoms with E-state index in [2.05, 4.69) is 6.58 Å². The molecule has 0 aromatic carbocycles. The number of rotatable bonds is 6. The second-order valence-electron chi connectivity index (χ2n) is 8.62. The highest BCUT2D eigenvalue weighted by molar-refractivity contribution is 5.94. The smallest absolute Gasteiger partial charge is 0.338 e. The number of epoxide rings is 1. The molecule has 10 heteroatoms. The molecule has 0 unspecified atom stereocenters. The van der Waals surface area contributed by atoms with Crippen molar-refractivity contribution in [1.82, 2.24) is 0 Å². The summed E-state index contributed by atoms with van der Waals surface area (Å²) in [4.78, 5) is 48.2. The fourth-order valence-electron chi connectivity index (χ4n) is 4.18. The summed E-state index contributed by atoms with van der Waals surface area (Å²) in [5.41, 5.74) is 0.194. The molecule has 1 N–H and O–H groups in total. The predicted molar refractivity (Wildman–Crippen MR) is 111 cm³/mol. The van der Waals surface area contributed by atoms with Gasteiger partial charge in [-0.05, 0) is 19.9 Å². The number of carbonyl (C=O) groups is 4. The Bertz CT molecular complexity index is 945. The average molecular weight is 464 g/mol. The van der Waals surface area contributed by atoms with E-state index >= 15 is 0 Å². The van der Waals surface area contributed by atoms with Crippen LogP contribution in [0.3, 0.4) is 0 Å². The molecule has 5 atom stereocenters. The Morgan fingerprint density at radius 1 is 1.24 bits per heavy atom. The van der Waals surface area contributed by atoms with Crippen LogP contribution >= 0.6 is 0 Å². The number of esters is 4. The van der Waals surface area contributed by atoms with Gasteiger partial charge in [-0.25, -0.2) is 9.59 Å². The standard InChI is InChI=1S/C23H28O10/c1-11-6-15(30-14(4)26)8-23(5)20(33-23)19-18(16(22(28)32-19)10-29-13(3)25)17(7-11)31-21(27)12(2)9-24/h6,15,17,19-20,24H,2,7-10H2,1,3-5H3/b11-6+/t15-,17+,19+,20-,23-/m1/s1.